The largest absolute Gasteiger partial charge is 0.493 e. The molecule has 0 aliphatic heterocycles. The second-order valence-electron chi connectivity index (χ2n) is 7.80. The first-order chi connectivity index (χ1) is 15.5. The predicted octanol–water partition coefficient (Wildman–Crippen LogP) is 5.02. The summed E-state index contributed by atoms with van der Waals surface area (Å²) in [5, 5.41) is 5.08. The van der Waals surface area contributed by atoms with Crippen LogP contribution in [0.15, 0.2) is 50.8 Å². The molecular weight excluding hydrogens is 474 g/mol. The van der Waals surface area contributed by atoms with Crippen LogP contribution in [0.1, 0.15) is 56.3 Å². The van der Waals surface area contributed by atoms with Gasteiger partial charge >= 0.3 is 5.97 Å². The Hall–Kier alpha value is -3.00. The highest BCUT2D eigenvalue weighted by Gasteiger charge is 2.22. The summed E-state index contributed by atoms with van der Waals surface area (Å²) in [6.07, 6.45) is 7.03. The molecule has 1 aliphatic rings. The van der Waals surface area contributed by atoms with E-state index in [2.05, 4.69) is 21.0 Å². The van der Waals surface area contributed by atoms with Crippen LogP contribution in [0.3, 0.4) is 0 Å². The van der Waals surface area contributed by atoms with E-state index in [1.54, 1.807) is 24.4 Å². The molecule has 0 bridgehead atoms. The van der Waals surface area contributed by atoms with E-state index in [-0.39, 0.29) is 11.5 Å². The molecule has 0 radical (unpaired) electrons. The molecule has 4 rings (SSSR count). The Bertz CT molecular complexity index is 1250. The molecule has 1 aliphatic carbocycles. The fourth-order valence-electron chi connectivity index (χ4n) is 4.04. The summed E-state index contributed by atoms with van der Waals surface area (Å²) in [6.45, 7) is 1.33. The van der Waals surface area contributed by atoms with Crippen molar-refractivity contribution in [3.63, 3.8) is 0 Å². The highest BCUT2D eigenvalue weighted by atomic mass is 79.9. The Labute approximate surface area is 194 Å². The molecule has 1 heterocycles. The minimum Gasteiger partial charge on any atom is -0.493 e. The van der Waals surface area contributed by atoms with Crippen molar-refractivity contribution in [2.75, 3.05) is 7.11 Å². The number of benzene rings is 2. The van der Waals surface area contributed by atoms with E-state index < -0.39 is 5.97 Å². The Balaban J connectivity index is 1.80. The molecule has 1 aromatic heterocycles. The molecule has 0 unspecified atom stereocenters. The third-order valence-electron chi connectivity index (χ3n) is 5.60. The smallest absolute Gasteiger partial charge is 0.308 e. The van der Waals surface area contributed by atoms with Crippen molar-refractivity contribution in [2.24, 2.45) is 5.10 Å². The van der Waals surface area contributed by atoms with E-state index in [0.717, 1.165) is 25.7 Å². The van der Waals surface area contributed by atoms with Gasteiger partial charge in [-0.2, -0.15) is 9.78 Å². The standard InChI is InChI=1S/C24H24BrN3O4/c1-15(29)32-22-13-19(25)17(12-21(22)31-2)14-26-28-23(16-8-4-3-5-9-16)27-20-11-7-6-10-18(20)24(28)30/h6-7,10-14,16H,3-5,8-9H2,1-2H3. The molecule has 0 amide bonds. The second kappa shape index (κ2) is 9.65. The molecule has 3 aromatic rings. The Morgan fingerprint density at radius 2 is 1.94 bits per heavy atom. The van der Waals surface area contributed by atoms with Crippen LogP contribution in [0, 0.1) is 0 Å². The molecule has 32 heavy (non-hydrogen) atoms. The van der Waals surface area contributed by atoms with E-state index in [4.69, 9.17) is 14.5 Å². The van der Waals surface area contributed by atoms with Crippen LogP contribution in [0.2, 0.25) is 0 Å². The van der Waals surface area contributed by atoms with Crippen molar-refractivity contribution >= 4 is 39.0 Å². The topological polar surface area (TPSA) is 82.8 Å². The zero-order valence-electron chi connectivity index (χ0n) is 18.0. The number of esters is 1. The van der Waals surface area contributed by atoms with Crippen LogP contribution < -0.4 is 15.0 Å². The third-order valence-corrected chi connectivity index (χ3v) is 6.28. The van der Waals surface area contributed by atoms with Gasteiger partial charge in [0.25, 0.3) is 5.56 Å². The molecule has 0 atom stereocenters. The number of fused-ring (bicyclic) bond motifs is 1. The lowest BCUT2D eigenvalue weighted by atomic mass is 9.88. The molecule has 8 heteroatoms. The van der Waals surface area contributed by atoms with Gasteiger partial charge in [0, 0.05) is 22.9 Å². The van der Waals surface area contributed by atoms with Gasteiger partial charge in [0.2, 0.25) is 0 Å². The van der Waals surface area contributed by atoms with Crippen LogP contribution in [-0.2, 0) is 4.79 Å². The van der Waals surface area contributed by atoms with Gasteiger partial charge in [0.15, 0.2) is 11.5 Å². The Morgan fingerprint density at radius 3 is 2.66 bits per heavy atom. The van der Waals surface area contributed by atoms with Crippen molar-refractivity contribution in [2.45, 2.75) is 44.9 Å². The van der Waals surface area contributed by atoms with Crippen LogP contribution in [0.25, 0.3) is 10.9 Å². The van der Waals surface area contributed by atoms with Crippen molar-refractivity contribution in [1.82, 2.24) is 9.66 Å². The van der Waals surface area contributed by atoms with Gasteiger partial charge in [-0.3, -0.25) is 9.59 Å². The van der Waals surface area contributed by atoms with Crippen LogP contribution in [0.5, 0.6) is 11.5 Å². The normalized spacial score (nSPS) is 14.7. The number of aromatic nitrogens is 2. The summed E-state index contributed by atoms with van der Waals surface area (Å²) in [4.78, 5) is 29.5. The van der Waals surface area contributed by atoms with Crippen LogP contribution in [-0.4, -0.2) is 29.0 Å². The Kier molecular flexibility index (Phi) is 6.69. The van der Waals surface area contributed by atoms with Gasteiger partial charge < -0.3 is 9.47 Å². The van der Waals surface area contributed by atoms with Crippen molar-refractivity contribution < 1.29 is 14.3 Å². The fraction of sp³-hybridized carbons (Fsp3) is 0.333. The molecule has 166 valence electrons. The fourth-order valence-corrected chi connectivity index (χ4v) is 4.47. The van der Waals surface area contributed by atoms with Crippen molar-refractivity contribution in [3.8, 4) is 11.5 Å². The van der Waals surface area contributed by atoms with Gasteiger partial charge in [-0.15, -0.1) is 0 Å². The maximum absolute atomic E-state index is 13.3. The quantitative estimate of drug-likeness (QED) is 0.280. The van der Waals surface area contributed by atoms with E-state index in [1.165, 1.54) is 25.1 Å². The van der Waals surface area contributed by atoms with Crippen LogP contribution >= 0.6 is 15.9 Å². The summed E-state index contributed by atoms with van der Waals surface area (Å²) in [7, 11) is 1.50. The molecule has 0 N–H and O–H groups in total. The highest BCUT2D eigenvalue weighted by molar-refractivity contribution is 9.10. The number of nitrogens with zero attached hydrogens (tertiary/aromatic N) is 3. The number of carbonyl (C=O) groups excluding carboxylic acids is 1. The maximum Gasteiger partial charge on any atom is 0.308 e. The van der Waals surface area contributed by atoms with Crippen molar-refractivity contribution in [1.29, 1.82) is 0 Å². The number of rotatable bonds is 5. The van der Waals surface area contributed by atoms with E-state index in [1.807, 2.05) is 18.2 Å². The Morgan fingerprint density at radius 1 is 1.19 bits per heavy atom. The summed E-state index contributed by atoms with van der Waals surface area (Å²) in [5.41, 5.74) is 1.18. The summed E-state index contributed by atoms with van der Waals surface area (Å²) >= 11 is 3.49. The SMILES string of the molecule is COc1cc(C=Nn2c(C3CCCCC3)nc3ccccc3c2=O)c(Br)cc1OC(C)=O. The van der Waals surface area contributed by atoms with E-state index in [0.29, 0.717) is 38.3 Å². The van der Waals surface area contributed by atoms with Crippen LogP contribution in [0.4, 0.5) is 0 Å². The third kappa shape index (κ3) is 4.60. The summed E-state index contributed by atoms with van der Waals surface area (Å²) in [6, 6.07) is 10.7. The monoisotopic (exact) mass is 497 g/mol. The van der Waals surface area contributed by atoms with Gasteiger partial charge in [0.1, 0.15) is 5.82 Å². The lowest BCUT2D eigenvalue weighted by molar-refractivity contribution is -0.132. The zero-order chi connectivity index (χ0) is 22.7. The second-order valence-corrected chi connectivity index (χ2v) is 8.66. The molecule has 0 spiro atoms. The molecule has 2 aromatic carbocycles. The van der Waals surface area contributed by atoms with Gasteiger partial charge in [-0.1, -0.05) is 31.4 Å². The first kappa shape index (κ1) is 22.2. The number of hydrogen-bond acceptors (Lipinski definition) is 6. The van der Waals surface area contributed by atoms with Crippen molar-refractivity contribution in [3.05, 3.63) is 62.6 Å². The first-order valence-corrected chi connectivity index (χ1v) is 11.4. The highest BCUT2D eigenvalue weighted by Crippen LogP contribution is 2.34. The number of hydrogen-bond donors (Lipinski definition) is 0. The van der Waals surface area contributed by atoms with Gasteiger partial charge in [0.05, 0.1) is 24.2 Å². The minimum atomic E-state index is -0.442. The van der Waals surface area contributed by atoms with Gasteiger partial charge in [-0.05, 0) is 53.0 Å². The molecule has 0 saturated heterocycles. The molecule has 7 nitrogen and oxygen atoms in total. The summed E-state index contributed by atoms with van der Waals surface area (Å²) < 4.78 is 12.6. The number of para-hydroxylation sites is 1. The number of methoxy groups -OCH3 is 1. The number of halogens is 1. The average molecular weight is 498 g/mol. The summed E-state index contributed by atoms with van der Waals surface area (Å²) in [5.74, 6) is 1.15. The number of ether oxygens (including phenoxy) is 2. The predicted molar refractivity (Wildman–Crippen MR) is 127 cm³/mol. The lowest BCUT2D eigenvalue weighted by Crippen LogP contribution is -2.25. The lowest BCUT2D eigenvalue weighted by Gasteiger charge is -2.22. The minimum absolute atomic E-state index is 0.188. The maximum atomic E-state index is 13.3. The molecule has 1 fully saturated rings. The molecule has 1 saturated carbocycles. The zero-order valence-corrected chi connectivity index (χ0v) is 19.6. The average Bonchev–Trinajstić information content (AvgIpc) is 2.79. The first-order valence-electron chi connectivity index (χ1n) is 10.6. The number of carbonyl (C=O) groups is 1. The van der Waals surface area contributed by atoms with E-state index >= 15 is 0 Å². The molecular formula is C24H24BrN3O4. The van der Waals surface area contributed by atoms with Gasteiger partial charge in [-0.25, -0.2) is 4.98 Å². The van der Waals surface area contributed by atoms with E-state index in [9.17, 15) is 9.59 Å².